The van der Waals surface area contributed by atoms with Crippen molar-refractivity contribution in [2.24, 2.45) is 0 Å². The van der Waals surface area contributed by atoms with Crippen LogP contribution in [0.3, 0.4) is 0 Å². The highest BCUT2D eigenvalue weighted by molar-refractivity contribution is 5.03. The van der Waals surface area contributed by atoms with Crippen LogP contribution in [-0.4, -0.2) is 18.0 Å². The predicted octanol–water partition coefficient (Wildman–Crippen LogP) is 1.68. The SMILES string of the molecule is [c]1occc1CN1CCCC1. The van der Waals surface area contributed by atoms with Crippen LogP contribution in [-0.2, 0) is 6.54 Å². The van der Waals surface area contributed by atoms with Crippen molar-refractivity contribution in [3.05, 3.63) is 24.2 Å². The Morgan fingerprint density at radius 2 is 2.27 bits per heavy atom. The second-order valence-electron chi connectivity index (χ2n) is 3.03. The van der Waals surface area contributed by atoms with Crippen LogP contribution in [0.5, 0.6) is 0 Å². The fraction of sp³-hybridized carbons (Fsp3) is 0.556. The second kappa shape index (κ2) is 3.09. The van der Waals surface area contributed by atoms with Gasteiger partial charge in [0.05, 0.1) is 6.26 Å². The van der Waals surface area contributed by atoms with E-state index in [1.54, 1.807) is 6.26 Å². The Hall–Kier alpha value is -0.760. The number of likely N-dealkylation sites (tertiary alicyclic amines) is 1. The molecule has 2 nitrogen and oxygen atoms in total. The van der Waals surface area contributed by atoms with E-state index in [-0.39, 0.29) is 0 Å². The Labute approximate surface area is 66.8 Å². The summed E-state index contributed by atoms with van der Waals surface area (Å²) in [4.78, 5) is 2.43. The van der Waals surface area contributed by atoms with Crippen molar-refractivity contribution >= 4 is 0 Å². The summed E-state index contributed by atoms with van der Waals surface area (Å²) in [7, 11) is 0. The molecule has 2 rings (SSSR count). The molecule has 0 atom stereocenters. The van der Waals surface area contributed by atoms with Gasteiger partial charge in [-0.15, -0.1) is 0 Å². The average molecular weight is 150 g/mol. The maximum Gasteiger partial charge on any atom is 0.173 e. The van der Waals surface area contributed by atoms with Crippen LogP contribution in [0, 0.1) is 6.26 Å². The van der Waals surface area contributed by atoms with Crippen molar-refractivity contribution in [2.45, 2.75) is 19.4 Å². The summed E-state index contributed by atoms with van der Waals surface area (Å²) in [6.07, 6.45) is 7.22. The summed E-state index contributed by atoms with van der Waals surface area (Å²) in [6, 6.07) is 1.98. The number of nitrogens with zero attached hydrogens (tertiary/aromatic N) is 1. The zero-order valence-corrected chi connectivity index (χ0v) is 6.55. The van der Waals surface area contributed by atoms with Crippen molar-refractivity contribution in [1.82, 2.24) is 4.90 Å². The minimum Gasteiger partial charge on any atom is -0.461 e. The smallest absolute Gasteiger partial charge is 0.173 e. The molecule has 2 heteroatoms. The molecule has 0 bridgehead atoms. The van der Waals surface area contributed by atoms with Gasteiger partial charge in [0.25, 0.3) is 0 Å². The summed E-state index contributed by atoms with van der Waals surface area (Å²) in [5, 5.41) is 0. The molecule has 1 saturated heterocycles. The summed E-state index contributed by atoms with van der Waals surface area (Å²) in [5.41, 5.74) is 1.17. The van der Waals surface area contributed by atoms with E-state index in [2.05, 4.69) is 11.2 Å². The van der Waals surface area contributed by atoms with Crippen LogP contribution in [0.25, 0.3) is 0 Å². The van der Waals surface area contributed by atoms with Crippen LogP contribution in [0.1, 0.15) is 18.4 Å². The Balaban J connectivity index is 1.90. The Morgan fingerprint density at radius 1 is 1.45 bits per heavy atom. The van der Waals surface area contributed by atoms with E-state index in [0.717, 1.165) is 6.54 Å². The maximum absolute atomic E-state index is 4.87. The van der Waals surface area contributed by atoms with Gasteiger partial charge >= 0.3 is 0 Å². The molecule has 1 aliphatic heterocycles. The molecule has 0 aromatic carbocycles. The highest BCUT2D eigenvalue weighted by Crippen LogP contribution is 2.11. The first-order valence-corrected chi connectivity index (χ1v) is 4.11. The molecular weight excluding hydrogens is 138 g/mol. The van der Waals surface area contributed by atoms with Gasteiger partial charge in [-0.2, -0.15) is 0 Å². The van der Waals surface area contributed by atoms with Crippen molar-refractivity contribution in [1.29, 1.82) is 0 Å². The van der Waals surface area contributed by atoms with E-state index in [4.69, 9.17) is 4.42 Å². The van der Waals surface area contributed by atoms with Gasteiger partial charge in [0.1, 0.15) is 0 Å². The average Bonchev–Trinajstić information content (AvgIpc) is 2.60. The maximum atomic E-state index is 4.87. The topological polar surface area (TPSA) is 16.4 Å². The number of furan rings is 1. The minimum absolute atomic E-state index is 1.01. The zero-order chi connectivity index (χ0) is 7.52. The molecule has 1 radical (unpaired) electrons. The lowest BCUT2D eigenvalue weighted by Crippen LogP contribution is -2.17. The molecule has 59 valence electrons. The van der Waals surface area contributed by atoms with Gasteiger partial charge in [-0.1, -0.05) is 0 Å². The van der Waals surface area contributed by atoms with Gasteiger partial charge in [0.15, 0.2) is 6.26 Å². The predicted molar refractivity (Wildman–Crippen MR) is 42.1 cm³/mol. The fourth-order valence-electron chi connectivity index (χ4n) is 1.53. The standard InChI is InChI=1S/C9H12NO/c1-2-5-10(4-1)7-9-3-6-11-8-9/h3,6H,1-2,4-5,7H2. The van der Waals surface area contributed by atoms with Crippen molar-refractivity contribution in [2.75, 3.05) is 13.1 Å². The van der Waals surface area contributed by atoms with Crippen molar-refractivity contribution < 1.29 is 4.42 Å². The lowest BCUT2D eigenvalue weighted by Gasteiger charge is -2.11. The van der Waals surface area contributed by atoms with E-state index in [1.807, 2.05) is 6.07 Å². The van der Waals surface area contributed by atoms with Crippen molar-refractivity contribution in [3.63, 3.8) is 0 Å². The number of hydrogen-bond acceptors (Lipinski definition) is 2. The molecule has 1 aromatic heterocycles. The summed E-state index contributed by atoms with van der Waals surface area (Å²) >= 11 is 0. The van der Waals surface area contributed by atoms with Gasteiger partial charge in [-0.3, -0.25) is 4.90 Å². The van der Waals surface area contributed by atoms with E-state index < -0.39 is 0 Å². The van der Waals surface area contributed by atoms with Gasteiger partial charge in [-0.05, 0) is 32.0 Å². The van der Waals surface area contributed by atoms with E-state index >= 15 is 0 Å². The van der Waals surface area contributed by atoms with Gasteiger partial charge in [-0.25, -0.2) is 0 Å². The normalized spacial score (nSPS) is 19.3. The molecule has 0 saturated carbocycles. The molecule has 1 aliphatic rings. The Bertz CT molecular complexity index is 199. The van der Waals surface area contributed by atoms with E-state index in [9.17, 15) is 0 Å². The minimum atomic E-state index is 1.01. The number of rotatable bonds is 2. The fourth-order valence-corrected chi connectivity index (χ4v) is 1.53. The van der Waals surface area contributed by atoms with Gasteiger partial charge < -0.3 is 4.42 Å². The second-order valence-corrected chi connectivity index (χ2v) is 3.03. The molecule has 11 heavy (non-hydrogen) atoms. The van der Waals surface area contributed by atoms with Crippen LogP contribution in [0.15, 0.2) is 16.7 Å². The molecule has 2 heterocycles. The van der Waals surface area contributed by atoms with Gasteiger partial charge in [0, 0.05) is 12.1 Å². The molecule has 1 fully saturated rings. The van der Waals surface area contributed by atoms with Crippen LogP contribution in [0.4, 0.5) is 0 Å². The van der Waals surface area contributed by atoms with Crippen LogP contribution < -0.4 is 0 Å². The molecule has 0 unspecified atom stereocenters. The lowest BCUT2D eigenvalue weighted by atomic mass is 10.3. The molecule has 0 spiro atoms. The lowest BCUT2D eigenvalue weighted by molar-refractivity contribution is 0.329. The highest BCUT2D eigenvalue weighted by atomic mass is 16.3. The third-order valence-electron chi connectivity index (χ3n) is 2.12. The third-order valence-corrected chi connectivity index (χ3v) is 2.12. The highest BCUT2D eigenvalue weighted by Gasteiger charge is 2.11. The molecule has 0 amide bonds. The van der Waals surface area contributed by atoms with E-state index in [0.29, 0.717) is 0 Å². The molecule has 1 aromatic rings. The quantitative estimate of drug-likeness (QED) is 0.637. The number of hydrogen-bond donors (Lipinski definition) is 0. The molecule has 0 N–H and O–H groups in total. The van der Waals surface area contributed by atoms with Crippen LogP contribution >= 0.6 is 0 Å². The Morgan fingerprint density at radius 3 is 2.91 bits per heavy atom. The third kappa shape index (κ3) is 1.63. The van der Waals surface area contributed by atoms with Gasteiger partial charge in [0.2, 0.25) is 0 Å². The van der Waals surface area contributed by atoms with E-state index in [1.165, 1.54) is 31.5 Å². The summed E-state index contributed by atoms with van der Waals surface area (Å²) in [6.45, 7) is 3.48. The first-order valence-electron chi connectivity index (χ1n) is 4.11. The monoisotopic (exact) mass is 150 g/mol. The van der Waals surface area contributed by atoms with Crippen LogP contribution in [0.2, 0.25) is 0 Å². The first-order chi connectivity index (χ1) is 5.45. The molecule has 0 aliphatic carbocycles. The van der Waals surface area contributed by atoms with Crippen molar-refractivity contribution in [3.8, 4) is 0 Å². The zero-order valence-electron chi connectivity index (χ0n) is 6.55. The summed E-state index contributed by atoms with van der Waals surface area (Å²) in [5.74, 6) is 0. The Kier molecular flexibility index (Phi) is 1.95. The first kappa shape index (κ1) is 6.92. The summed E-state index contributed by atoms with van der Waals surface area (Å²) < 4.78 is 4.87. The largest absolute Gasteiger partial charge is 0.461 e. The molecular formula is C9H12NO.